The van der Waals surface area contributed by atoms with Gasteiger partial charge in [-0.25, -0.2) is 9.78 Å². The predicted octanol–water partition coefficient (Wildman–Crippen LogP) is 1.99. The molecule has 2 amide bonds. The van der Waals surface area contributed by atoms with E-state index >= 15 is 0 Å². The number of carbonyl (C=O) groups excluding carboxylic acids is 1. The molecule has 0 spiro atoms. The number of nitrogens with zero attached hydrogens (tertiary/aromatic N) is 1. The second kappa shape index (κ2) is 3.96. The van der Waals surface area contributed by atoms with Gasteiger partial charge in [-0.3, -0.25) is 5.32 Å². The van der Waals surface area contributed by atoms with Gasteiger partial charge in [-0.15, -0.1) is 11.3 Å². The average Bonchev–Trinajstić information content (AvgIpc) is 2.83. The normalized spacial score (nSPS) is 15.2. The molecule has 0 bridgehead atoms. The summed E-state index contributed by atoms with van der Waals surface area (Å²) in [6, 6.07) is 0.255. The summed E-state index contributed by atoms with van der Waals surface area (Å²) in [4.78, 5) is 15.5. The highest BCUT2D eigenvalue weighted by atomic mass is 32.1. The molecule has 5 heteroatoms. The molecule has 4 nitrogen and oxygen atoms in total. The Kier molecular flexibility index (Phi) is 2.67. The molecule has 1 aliphatic rings. The SMILES string of the molecule is CCc1csc(NC(=O)NC2CC2)n1. The highest BCUT2D eigenvalue weighted by Crippen LogP contribution is 2.19. The van der Waals surface area contributed by atoms with Gasteiger partial charge in [0, 0.05) is 11.4 Å². The molecule has 1 aromatic heterocycles. The molecule has 14 heavy (non-hydrogen) atoms. The van der Waals surface area contributed by atoms with Gasteiger partial charge in [0.25, 0.3) is 0 Å². The first-order valence-electron chi connectivity index (χ1n) is 4.80. The lowest BCUT2D eigenvalue weighted by Crippen LogP contribution is -2.30. The molecule has 1 aliphatic carbocycles. The number of nitrogens with one attached hydrogen (secondary N) is 2. The maximum Gasteiger partial charge on any atom is 0.321 e. The van der Waals surface area contributed by atoms with Crippen LogP contribution in [0, 0.1) is 0 Å². The molecule has 0 atom stereocenters. The van der Waals surface area contributed by atoms with E-state index in [0.717, 1.165) is 25.0 Å². The minimum absolute atomic E-state index is 0.135. The molecule has 0 aromatic carbocycles. The Morgan fingerprint density at radius 3 is 3.07 bits per heavy atom. The van der Waals surface area contributed by atoms with Gasteiger partial charge in [0.2, 0.25) is 0 Å². The second-order valence-electron chi connectivity index (χ2n) is 3.37. The third-order valence-electron chi connectivity index (χ3n) is 2.05. The summed E-state index contributed by atoms with van der Waals surface area (Å²) in [5.74, 6) is 0. The van der Waals surface area contributed by atoms with Crippen molar-refractivity contribution in [2.24, 2.45) is 0 Å². The van der Waals surface area contributed by atoms with Gasteiger partial charge < -0.3 is 5.32 Å². The molecular formula is C9H13N3OS. The van der Waals surface area contributed by atoms with E-state index in [0.29, 0.717) is 11.2 Å². The van der Waals surface area contributed by atoms with Crippen LogP contribution >= 0.6 is 11.3 Å². The average molecular weight is 211 g/mol. The Hall–Kier alpha value is -1.10. The van der Waals surface area contributed by atoms with Crippen molar-refractivity contribution in [3.05, 3.63) is 11.1 Å². The molecule has 76 valence electrons. The summed E-state index contributed by atoms with van der Waals surface area (Å²) in [6.45, 7) is 2.04. The van der Waals surface area contributed by atoms with Crippen LogP contribution in [0.2, 0.25) is 0 Å². The van der Waals surface area contributed by atoms with Gasteiger partial charge in [-0.1, -0.05) is 6.92 Å². The van der Waals surface area contributed by atoms with Crippen molar-refractivity contribution in [1.29, 1.82) is 0 Å². The Morgan fingerprint density at radius 1 is 1.71 bits per heavy atom. The monoisotopic (exact) mass is 211 g/mol. The van der Waals surface area contributed by atoms with Gasteiger partial charge in [0.1, 0.15) is 0 Å². The molecule has 1 heterocycles. The molecule has 0 unspecified atom stereocenters. The third kappa shape index (κ3) is 2.45. The molecule has 2 N–H and O–H groups in total. The minimum atomic E-state index is -0.135. The van der Waals surface area contributed by atoms with E-state index in [-0.39, 0.29) is 6.03 Å². The van der Waals surface area contributed by atoms with E-state index in [2.05, 4.69) is 15.6 Å². The smallest absolute Gasteiger partial charge is 0.321 e. The van der Waals surface area contributed by atoms with Crippen LogP contribution in [0.3, 0.4) is 0 Å². The number of thiazole rings is 1. The number of hydrogen-bond acceptors (Lipinski definition) is 3. The van der Waals surface area contributed by atoms with E-state index in [1.165, 1.54) is 11.3 Å². The number of urea groups is 1. The zero-order valence-corrected chi connectivity index (χ0v) is 8.86. The number of amides is 2. The standard InChI is InChI=1S/C9H13N3OS/c1-2-6-5-14-9(11-6)12-8(13)10-7-3-4-7/h5,7H,2-4H2,1H3,(H2,10,11,12,13). The molecule has 0 saturated heterocycles. The summed E-state index contributed by atoms with van der Waals surface area (Å²) < 4.78 is 0. The van der Waals surface area contributed by atoms with Crippen molar-refractivity contribution < 1.29 is 4.79 Å². The molecular weight excluding hydrogens is 198 g/mol. The summed E-state index contributed by atoms with van der Waals surface area (Å²) in [6.07, 6.45) is 3.11. The van der Waals surface area contributed by atoms with Crippen molar-refractivity contribution in [3.63, 3.8) is 0 Å². The van der Waals surface area contributed by atoms with Crippen molar-refractivity contribution in [3.8, 4) is 0 Å². The molecule has 1 saturated carbocycles. The highest BCUT2D eigenvalue weighted by Gasteiger charge is 2.23. The zero-order valence-electron chi connectivity index (χ0n) is 8.04. The van der Waals surface area contributed by atoms with Crippen molar-refractivity contribution in [2.75, 3.05) is 5.32 Å². The van der Waals surface area contributed by atoms with E-state index in [9.17, 15) is 4.79 Å². The quantitative estimate of drug-likeness (QED) is 0.803. The second-order valence-corrected chi connectivity index (χ2v) is 4.23. The molecule has 1 fully saturated rings. The minimum Gasteiger partial charge on any atom is -0.335 e. The maximum atomic E-state index is 11.3. The molecule has 1 aromatic rings. The Bertz CT molecular complexity index is 333. The Labute approximate surface area is 86.7 Å². The van der Waals surface area contributed by atoms with Crippen LogP contribution in [0.25, 0.3) is 0 Å². The van der Waals surface area contributed by atoms with Crippen LogP contribution in [0.1, 0.15) is 25.5 Å². The highest BCUT2D eigenvalue weighted by molar-refractivity contribution is 7.13. The van der Waals surface area contributed by atoms with Gasteiger partial charge in [-0.05, 0) is 19.3 Å². The Morgan fingerprint density at radius 2 is 2.50 bits per heavy atom. The van der Waals surface area contributed by atoms with E-state index < -0.39 is 0 Å². The first kappa shape index (κ1) is 9.45. The van der Waals surface area contributed by atoms with Crippen molar-refractivity contribution >= 4 is 22.5 Å². The van der Waals surface area contributed by atoms with E-state index in [1.54, 1.807) is 0 Å². The lowest BCUT2D eigenvalue weighted by Gasteiger charge is -2.02. The summed E-state index contributed by atoms with van der Waals surface area (Å²) in [7, 11) is 0. The largest absolute Gasteiger partial charge is 0.335 e. The van der Waals surface area contributed by atoms with Crippen LogP contribution in [0.4, 0.5) is 9.93 Å². The predicted molar refractivity (Wildman–Crippen MR) is 56.7 cm³/mol. The van der Waals surface area contributed by atoms with Gasteiger partial charge in [0.05, 0.1) is 5.69 Å². The number of hydrogen-bond donors (Lipinski definition) is 2. The first-order chi connectivity index (χ1) is 6.78. The number of anilines is 1. The topological polar surface area (TPSA) is 54.0 Å². The van der Waals surface area contributed by atoms with Crippen molar-refractivity contribution in [1.82, 2.24) is 10.3 Å². The van der Waals surface area contributed by atoms with Crippen LogP contribution in [-0.2, 0) is 6.42 Å². The van der Waals surface area contributed by atoms with Crippen LogP contribution in [-0.4, -0.2) is 17.1 Å². The summed E-state index contributed by atoms with van der Waals surface area (Å²) in [5, 5.41) is 8.22. The fraction of sp³-hybridized carbons (Fsp3) is 0.556. The maximum absolute atomic E-state index is 11.3. The van der Waals surface area contributed by atoms with Crippen LogP contribution in [0.5, 0.6) is 0 Å². The zero-order chi connectivity index (χ0) is 9.97. The molecule has 0 aliphatic heterocycles. The summed E-state index contributed by atoms with van der Waals surface area (Å²) in [5.41, 5.74) is 1.02. The molecule has 2 rings (SSSR count). The van der Waals surface area contributed by atoms with Crippen LogP contribution < -0.4 is 10.6 Å². The number of aryl methyl sites for hydroxylation is 1. The lowest BCUT2D eigenvalue weighted by molar-refractivity contribution is 0.251. The fourth-order valence-corrected chi connectivity index (χ4v) is 1.86. The van der Waals surface area contributed by atoms with Gasteiger partial charge >= 0.3 is 6.03 Å². The lowest BCUT2D eigenvalue weighted by atomic mass is 10.4. The number of rotatable bonds is 3. The Balaban J connectivity index is 1.85. The molecule has 0 radical (unpaired) electrons. The van der Waals surface area contributed by atoms with Crippen LogP contribution in [0.15, 0.2) is 5.38 Å². The van der Waals surface area contributed by atoms with E-state index in [1.807, 2.05) is 12.3 Å². The van der Waals surface area contributed by atoms with Gasteiger partial charge in [0.15, 0.2) is 5.13 Å². The van der Waals surface area contributed by atoms with E-state index in [4.69, 9.17) is 0 Å². The van der Waals surface area contributed by atoms with Crippen molar-refractivity contribution in [2.45, 2.75) is 32.2 Å². The van der Waals surface area contributed by atoms with Gasteiger partial charge in [-0.2, -0.15) is 0 Å². The number of carbonyl (C=O) groups is 1. The third-order valence-corrected chi connectivity index (χ3v) is 2.85. The fourth-order valence-electron chi connectivity index (χ4n) is 1.07. The number of aromatic nitrogens is 1. The summed E-state index contributed by atoms with van der Waals surface area (Å²) >= 11 is 1.47. The first-order valence-corrected chi connectivity index (χ1v) is 5.68.